The first kappa shape index (κ1) is 13.3. The maximum Gasteiger partial charge on any atom is 0.137 e. The van der Waals surface area contributed by atoms with Crippen LogP contribution in [0.15, 0.2) is 36.5 Å². The number of hydrogen-bond acceptors (Lipinski definition) is 3. The molecular formula is C15H18N2O2. The molecule has 0 amide bonds. The minimum Gasteiger partial charge on any atom is -0.497 e. The van der Waals surface area contributed by atoms with Crippen molar-refractivity contribution < 1.29 is 9.53 Å². The summed E-state index contributed by atoms with van der Waals surface area (Å²) in [5.74, 6) is 1.02. The number of ether oxygens (including phenoxy) is 1. The smallest absolute Gasteiger partial charge is 0.137 e. The summed E-state index contributed by atoms with van der Waals surface area (Å²) in [5.41, 5.74) is 2.08. The lowest BCUT2D eigenvalue weighted by atomic mass is 10.0. The molecule has 0 spiro atoms. The molecule has 4 heteroatoms. The molecule has 19 heavy (non-hydrogen) atoms. The van der Waals surface area contributed by atoms with E-state index in [-0.39, 0.29) is 5.78 Å². The van der Waals surface area contributed by atoms with E-state index in [4.69, 9.17) is 4.74 Å². The number of ketones is 1. The third-order valence-electron chi connectivity index (χ3n) is 3.12. The van der Waals surface area contributed by atoms with Crippen molar-refractivity contribution in [2.45, 2.75) is 19.3 Å². The number of Topliss-reactive ketones (excluding diaryl/α,β-unsaturated/α-hetero) is 1. The average molecular weight is 258 g/mol. The zero-order valence-corrected chi connectivity index (χ0v) is 11.3. The molecule has 0 bridgehead atoms. The van der Waals surface area contributed by atoms with Gasteiger partial charge in [0, 0.05) is 31.8 Å². The van der Waals surface area contributed by atoms with E-state index < -0.39 is 0 Å². The summed E-state index contributed by atoms with van der Waals surface area (Å²) in [6.45, 7) is 0. The maximum atomic E-state index is 11.9. The first-order chi connectivity index (χ1) is 9.19. The van der Waals surface area contributed by atoms with Gasteiger partial charge in [0.25, 0.3) is 0 Å². The lowest BCUT2D eigenvalue weighted by Gasteiger charge is -2.04. The Kier molecular flexibility index (Phi) is 4.34. The lowest BCUT2D eigenvalue weighted by molar-refractivity contribution is -0.118. The van der Waals surface area contributed by atoms with Gasteiger partial charge in [0.15, 0.2) is 0 Å². The van der Waals surface area contributed by atoms with Gasteiger partial charge in [-0.1, -0.05) is 12.1 Å². The van der Waals surface area contributed by atoms with Crippen LogP contribution in [0.4, 0.5) is 0 Å². The molecule has 0 N–H and O–H groups in total. The van der Waals surface area contributed by atoms with E-state index in [2.05, 4.69) is 5.10 Å². The second-order valence-corrected chi connectivity index (χ2v) is 4.51. The predicted octanol–water partition coefficient (Wildman–Crippen LogP) is 2.17. The first-order valence-electron chi connectivity index (χ1n) is 6.30. The first-order valence-corrected chi connectivity index (χ1v) is 6.30. The molecular weight excluding hydrogens is 240 g/mol. The van der Waals surface area contributed by atoms with E-state index in [1.54, 1.807) is 18.0 Å². The van der Waals surface area contributed by atoms with Gasteiger partial charge in [0.05, 0.1) is 7.11 Å². The zero-order chi connectivity index (χ0) is 13.7. The number of carbonyl (C=O) groups excluding carboxylic acids is 1. The Morgan fingerprint density at radius 3 is 2.89 bits per heavy atom. The average Bonchev–Trinajstić information content (AvgIpc) is 2.82. The highest BCUT2D eigenvalue weighted by Gasteiger charge is 2.07. The van der Waals surface area contributed by atoms with Gasteiger partial charge in [-0.3, -0.25) is 9.48 Å². The van der Waals surface area contributed by atoms with E-state index >= 15 is 0 Å². The van der Waals surface area contributed by atoms with Crippen molar-refractivity contribution in [2.75, 3.05) is 7.11 Å². The van der Waals surface area contributed by atoms with Crippen LogP contribution in [0, 0.1) is 0 Å². The summed E-state index contributed by atoms with van der Waals surface area (Å²) >= 11 is 0. The minimum atomic E-state index is 0.231. The lowest BCUT2D eigenvalue weighted by Crippen LogP contribution is -2.06. The molecule has 2 rings (SSSR count). The number of rotatable bonds is 6. The Morgan fingerprint density at radius 1 is 1.37 bits per heavy atom. The van der Waals surface area contributed by atoms with Crippen molar-refractivity contribution in [3.8, 4) is 5.75 Å². The van der Waals surface area contributed by atoms with Crippen molar-refractivity contribution in [3.63, 3.8) is 0 Å². The van der Waals surface area contributed by atoms with Gasteiger partial charge in [-0.05, 0) is 30.2 Å². The molecule has 0 fully saturated rings. The highest BCUT2D eigenvalue weighted by molar-refractivity contribution is 5.81. The second kappa shape index (κ2) is 6.18. The molecule has 100 valence electrons. The molecule has 0 saturated carbocycles. The molecule has 4 nitrogen and oxygen atoms in total. The Hall–Kier alpha value is -2.10. The number of benzene rings is 1. The van der Waals surface area contributed by atoms with Crippen LogP contribution in [0.2, 0.25) is 0 Å². The standard InChI is InChI=1S/C15H18N2O2/c1-17-13(8-9-16-17)6-7-14(18)10-12-4-3-5-15(11-12)19-2/h3-5,8-9,11H,6-7,10H2,1-2H3. The molecule has 0 aliphatic rings. The number of aromatic nitrogens is 2. The number of carbonyl (C=O) groups is 1. The van der Waals surface area contributed by atoms with Gasteiger partial charge < -0.3 is 4.74 Å². The largest absolute Gasteiger partial charge is 0.497 e. The van der Waals surface area contributed by atoms with Gasteiger partial charge in [0.2, 0.25) is 0 Å². The maximum absolute atomic E-state index is 11.9. The molecule has 0 aliphatic carbocycles. The van der Waals surface area contributed by atoms with Gasteiger partial charge >= 0.3 is 0 Å². The molecule has 0 saturated heterocycles. The minimum absolute atomic E-state index is 0.231. The molecule has 2 aromatic rings. The third kappa shape index (κ3) is 3.68. The summed E-state index contributed by atoms with van der Waals surface area (Å²) < 4.78 is 6.95. The van der Waals surface area contributed by atoms with Crippen LogP contribution in [0.5, 0.6) is 5.75 Å². The second-order valence-electron chi connectivity index (χ2n) is 4.51. The van der Waals surface area contributed by atoms with Crippen molar-refractivity contribution in [1.82, 2.24) is 9.78 Å². The van der Waals surface area contributed by atoms with Crippen molar-refractivity contribution in [3.05, 3.63) is 47.8 Å². The van der Waals surface area contributed by atoms with Gasteiger partial charge in [-0.15, -0.1) is 0 Å². The van der Waals surface area contributed by atoms with Crippen LogP contribution in [0.1, 0.15) is 17.7 Å². The number of hydrogen-bond donors (Lipinski definition) is 0. The topological polar surface area (TPSA) is 44.1 Å². The number of aryl methyl sites for hydroxylation is 2. The highest BCUT2D eigenvalue weighted by atomic mass is 16.5. The van der Waals surface area contributed by atoms with E-state index in [1.807, 2.05) is 37.4 Å². The normalized spacial score (nSPS) is 10.4. The summed E-state index contributed by atoms with van der Waals surface area (Å²) in [5, 5.41) is 4.09. The number of methoxy groups -OCH3 is 1. The molecule has 1 heterocycles. The van der Waals surface area contributed by atoms with Crippen molar-refractivity contribution in [2.24, 2.45) is 7.05 Å². The Morgan fingerprint density at radius 2 is 2.21 bits per heavy atom. The number of nitrogens with zero attached hydrogens (tertiary/aromatic N) is 2. The fourth-order valence-electron chi connectivity index (χ4n) is 2.01. The zero-order valence-electron chi connectivity index (χ0n) is 11.3. The Balaban J connectivity index is 1.89. The molecule has 1 aromatic carbocycles. The van der Waals surface area contributed by atoms with Crippen molar-refractivity contribution in [1.29, 1.82) is 0 Å². The van der Waals surface area contributed by atoms with Gasteiger partial charge in [0.1, 0.15) is 11.5 Å². The van der Waals surface area contributed by atoms with Crippen LogP contribution < -0.4 is 4.74 Å². The van der Waals surface area contributed by atoms with Crippen molar-refractivity contribution >= 4 is 5.78 Å². The fraction of sp³-hybridized carbons (Fsp3) is 0.333. The summed E-state index contributed by atoms with van der Waals surface area (Å²) in [7, 11) is 3.52. The van der Waals surface area contributed by atoms with Crippen LogP contribution in [0.3, 0.4) is 0 Å². The van der Waals surface area contributed by atoms with E-state index in [0.717, 1.165) is 23.4 Å². The summed E-state index contributed by atoms with van der Waals surface area (Å²) in [6, 6.07) is 9.58. The quantitative estimate of drug-likeness (QED) is 0.797. The Bertz CT molecular complexity index is 561. The summed E-state index contributed by atoms with van der Waals surface area (Å²) in [6.07, 6.45) is 3.48. The highest BCUT2D eigenvalue weighted by Crippen LogP contribution is 2.14. The molecule has 0 radical (unpaired) electrons. The summed E-state index contributed by atoms with van der Waals surface area (Å²) in [4.78, 5) is 11.9. The molecule has 0 atom stereocenters. The van der Waals surface area contributed by atoms with Gasteiger partial charge in [-0.2, -0.15) is 5.10 Å². The molecule has 0 aliphatic heterocycles. The third-order valence-corrected chi connectivity index (χ3v) is 3.12. The van der Waals surface area contributed by atoms with Crippen LogP contribution >= 0.6 is 0 Å². The Labute approximate surface area is 113 Å². The van der Waals surface area contributed by atoms with E-state index in [1.165, 1.54) is 0 Å². The monoisotopic (exact) mass is 258 g/mol. The predicted molar refractivity (Wildman–Crippen MR) is 73.2 cm³/mol. The van der Waals surface area contributed by atoms with Crippen LogP contribution in [-0.4, -0.2) is 22.7 Å². The molecule has 1 aromatic heterocycles. The van der Waals surface area contributed by atoms with Crippen LogP contribution in [0.25, 0.3) is 0 Å². The SMILES string of the molecule is COc1cccc(CC(=O)CCc2ccnn2C)c1. The van der Waals surface area contributed by atoms with Crippen LogP contribution in [-0.2, 0) is 24.7 Å². The van der Waals surface area contributed by atoms with E-state index in [0.29, 0.717) is 12.8 Å². The van der Waals surface area contributed by atoms with E-state index in [9.17, 15) is 4.79 Å². The fourth-order valence-corrected chi connectivity index (χ4v) is 2.01. The molecule has 0 unspecified atom stereocenters. The van der Waals surface area contributed by atoms with Gasteiger partial charge in [-0.25, -0.2) is 0 Å².